The van der Waals surface area contributed by atoms with Crippen molar-refractivity contribution in [2.45, 2.75) is 46.0 Å². The second-order valence-corrected chi connectivity index (χ2v) is 10.2. The van der Waals surface area contributed by atoms with Crippen LogP contribution in [0.2, 0.25) is 0 Å². The van der Waals surface area contributed by atoms with E-state index in [-0.39, 0.29) is 5.41 Å². The molecule has 6 rings (SSSR count). The van der Waals surface area contributed by atoms with E-state index < -0.39 is 0 Å². The molecule has 5 aromatic rings. The first-order valence-electron chi connectivity index (χ1n) is 11.7. The number of hydrogen-bond donors (Lipinski definition) is 0. The number of nitrogens with zero attached hydrogens (tertiary/aromatic N) is 2. The average molecular weight is 434 g/mol. The summed E-state index contributed by atoms with van der Waals surface area (Å²) in [6, 6.07) is 17.6. The van der Waals surface area contributed by atoms with Crippen molar-refractivity contribution in [1.82, 2.24) is 4.98 Å². The largest absolute Gasteiger partial charge is 0.455 e. The number of pyridine rings is 2. The number of fused-ring (bicyclic) bond motifs is 7. The molecule has 1 aliphatic carbocycles. The van der Waals surface area contributed by atoms with E-state index in [1.54, 1.807) is 0 Å². The lowest BCUT2D eigenvalue weighted by Crippen LogP contribution is -2.31. The molecule has 0 radical (unpaired) electrons. The quantitative estimate of drug-likeness (QED) is 0.275. The zero-order valence-electron chi connectivity index (χ0n) is 20.2. The van der Waals surface area contributed by atoms with Gasteiger partial charge in [0, 0.05) is 45.6 Å². The highest BCUT2D eigenvalue weighted by molar-refractivity contribution is 6.12. The zero-order chi connectivity index (χ0) is 23.1. The first-order valence-corrected chi connectivity index (χ1v) is 11.7. The van der Waals surface area contributed by atoms with E-state index in [2.05, 4.69) is 94.9 Å². The Morgan fingerprint density at radius 3 is 2.48 bits per heavy atom. The van der Waals surface area contributed by atoms with Crippen LogP contribution in [0.25, 0.3) is 44.3 Å². The third-order valence-electron chi connectivity index (χ3n) is 7.43. The fraction of sp³-hybridized carbons (Fsp3) is 0.267. The molecule has 164 valence electrons. The standard InChI is InChI=1S/C30H29N2O/c1-17(2)19-13-15-32(6)24(16-19)25-18(3)9-10-21-22-12-11-20-23-8-7-14-31-29(23)30(4,5)26(20)28(22)33-27(21)25/h7-17H,1-6H3/q+1. The van der Waals surface area contributed by atoms with Crippen LogP contribution in [-0.2, 0) is 12.5 Å². The number of aromatic nitrogens is 2. The van der Waals surface area contributed by atoms with Crippen molar-refractivity contribution < 1.29 is 8.98 Å². The molecule has 3 aromatic heterocycles. The second kappa shape index (κ2) is 6.77. The summed E-state index contributed by atoms with van der Waals surface area (Å²) in [6.45, 7) is 11.2. The summed E-state index contributed by atoms with van der Waals surface area (Å²) in [4.78, 5) is 4.76. The molecule has 0 spiro atoms. The van der Waals surface area contributed by atoms with Crippen LogP contribution < -0.4 is 4.57 Å². The Balaban J connectivity index is 1.71. The summed E-state index contributed by atoms with van der Waals surface area (Å²) in [5.41, 5.74) is 11.5. The van der Waals surface area contributed by atoms with Gasteiger partial charge in [0.25, 0.3) is 0 Å². The predicted octanol–water partition coefficient (Wildman–Crippen LogP) is 7.21. The van der Waals surface area contributed by atoms with Gasteiger partial charge in [-0.25, -0.2) is 4.57 Å². The van der Waals surface area contributed by atoms with E-state index in [0.717, 1.165) is 16.9 Å². The zero-order valence-corrected chi connectivity index (χ0v) is 20.2. The molecule has 1 aliphatic rings. The number of rotatable bonds is 2. The van der Waals surface area contributed by atoms with E-state index in [1.807, 2.05) is 12.3 Å². The number of aryl methyl sites for hydroxylation is 2. The van der Waals surface area contributed by atoms with Crippen molar-refractivity contribution in [2.24, 2.45) is 7.05 Å². The number of furan rings is 1. The number of hydrogen-bond acceptors (Lipinski definition) is 2. The molecule has 0 saturated carbocycles. The van der Waals surface area contributed by atoms with Crippen molar-refractivity contribution in [3.8, 4) is 22.4 Å². The molecule has 0 atom stereocenters. The second-order valence-electron chi connectivity index (χ2n) is 10.2. The van der Waals surface area contributed by atoms with E-state index >= 15 is 0 Å². The van der Waals surface area contributed by atoms with Gasteiger partial charge in [-0.3, -0.25) is 4.98 Å². The lowest BCUT2D eigenvalue weighted by Gasteiger charge is -2.20. The molecule has 2 aromatic carbocycles. The minimum atomic E-state index is -0.212. The van der Waals surface area contributed by atoms with Gasteiger partial charge in [0.1, 0.15) is 18.2 Å². The molecule has 3 heterocycles. The smallest absolute Gasteiger partial charge is 0.216 e. The third kappa shape index (κ3) is 2.68. The normalized spacial score (nSPS) is 14.3. The predicted molar refractivity (Wildman–Crippen MR) is 135 cm³/mol. The maximum atomic E-state index is 6.84. The monoisotopic (exact) mass is 433 g/mol. The van der Waals surface area contributed by atoms with Crippen LogP contribution in [0.1, 0.15) is 56.0 Å². The molecule has 0 bridgehead atoms. The molecule has 3 nitrogen and oxygen atoms in total. The van der Waals surface area contributed by atoms with Gasteiger partial charge in [-0.1, -0.05) is 38.1 Å². The Kier molecular flexibility index (Phi) is 4.14. The van der Waals surface area contributed by atoms with E-state index in [9.17, 15) is 0 Å². The summed E-state index contributed by atoms with van der Waals surface area (Å²) in [5, 5.41) is 2.34. The Bertz CT molecular complexity index is 1590. The molecular formula is C30H29N2O+. The SMILES string of the molecule is Cc1ccc2c(oc3c4c(ccc32)-c2cccnc2C4(C)C)c1-c1cc(C(C)C)cc[n+]1C. The van der Waals surface area contributed by atoms with Crippen molar-refractivity contribution in [2.75, 3.05) is 0 Å². The third-order valence-corrected chi connectivity index (χ3v) is 7.43. The van der Waals surface area contributed by atoms with Crippen LogP contribution in [0.15, 0.2) is 65.3 Å². The molecule has 0 amide bonds. The molecule has 0 unspecified atom stereocenters. The van der Waals surface area contributed by atoms with Crippen LogP contribution >= 0.6 is 0 Å². The minimum Gasteiger partial charge on any atom is -0.455 e. The maximum Gasteiger partial charge on any atom is 0.216 e. The van der Waals surface area contributed by atoms with E-state index in [4.69, 9.17) is 9.40 Å². The lowest BCUT2D eigenvalue weighted by atomic mass is 9.84. The van der Waals surface area contributed by atoms with Crippen LogP contribution in [0.5, 0.6) is 0 Å². The van der Waals surface area contributed by atoms with Crippen molar-refractivity contribution >= 4 is 21.9 Å². The first kappa shape index (κ1) is 20.2. The van der Waals surface area contributed by atoms with Gasteiger partial charge in [-0.15, -0.1) is 0 Å². The topological polar surface area (TPSA) is 29.9 Å². The van der Waals surface area contributed by atoms with Gasteiger partial charge in [0.15, 0.2) is 6.20 Å². The Labute approximate surface area is 194 Å². The molecule has 0 N–H and O–H groups in total. The summed E-state index contributed by atoms with van der Waals surface area (Å²) in [7, 11) is 2.11. The Morgan fingerprint density at radius 1 is 0.939 bits per heavy atom. The van der Waals surface area contributed by atoms with Crippen LogP contribution in [0.3, 0.4) is 0 Å². The molecule has 0 aliphatic heterocycles. The van der Waals surface area contributed by atoms with Gasteiger partial charge < -0.3 is 4.42 Å². The van der Waals surface area contributed by atoms with Crippen LogP contribution in [0, 0.1) is 6.92 Å². The van der Waals surface area contributed by atoms with Crippen LogP contribution in [0.4, 0.5) is 0 Å². The maximum absolute atomic E-state index is 6.84. The van der Waals surface area contributed by atoms with Crippen molar-refractivity contribution in [1.29, 1.82) is 0 Å². The van der Waals surface area contributed by atoms with Crippen molar-refractivity contribution in [3.05, 3.63) is 83.3 Å². The van der Waals surface area contributed by atoms with E-state index in [1.165, 1.54) is 49.8 Å². The molecule has 0 fully saturated rings. The first-order chi connectivity index (χ1) is 15.8. The van der Waals surface area contributed by atoms with E-state index in [0.29, 0.717) is 5.92 Å². The molecule has 33 heavy (non-hydrogen) atoms. The van der Waals surface area contributed by atoms with Gasteiger partial charge >= 0.3 is 0 Å². The molecular weight excluding hydrogens is 404 g/mol. The van der Waals surface area contributed by atoms with Gasteiger partial charge in [0.05, 0.1) is 11.3 Å². The Morgan fingerprint density at radius 2 is 1.70 bits per heavy atom. The fourth-order valence-corrected chi connectivity index (χ4v) is 5.60. The van der Waals surface area contributed by atoms with Gasteiger partial charge in [-0.05, 0) is 55.5 Å². The summed E-state index contributed by atoms with van der Waals surface area (Å²) in [6.07, 6.45) is 4.06. The minimum absolute atomic E-state index is 0.212. The van der Waals surface area contributed by atoms with Crippen LogP contribution in [-0.4, -0.2) is 4.98 Å². The van der Waals surface area contributed by atoms with Crippen molar-refractivity contribution in [3.63, 3.8) is 0 Å². The van der Waals surface area contributed by atoms with Gasteiger partial charge in [0.2, 0.25) is 5.69 Å². The highest BCUT2D eigenvalue weighted by Crippen LogP contribution is 2.52. The Hall–Kier alpha value is -3.46. The van der Waals surface area contributed by atoms with Gasteiger partial charge in [-0.2, -0.15) is 0 Å². The highest BCUT2D eigenvalue weighted by Gasteiger charge is 2.40. The summed E-state index contributed by atoms with van der Waals surface area (Å²) in [5.74, 6) is 0.468. The lowest BCUT2D eigenvalue weighted by molar-refractivity contribution is -0.660. The summed E-state index contributed by atoms with van der Waals surface area (Å²) < 4.78 is 9.05. The summed E-state index contributed by atoms with van der Waals surface area (Å²) >= 11 is 0. The molecule has 0 saturated heterocycles. The average Bonchev–Trinajstić information content (AvgIpc) is 3.27. The number of benzene rings is 2. The molecule has 3 heteroatoms. The highest BCUT2D eigenvalue weighted by atomic mass is 16.3. The fourth-order valence-electron chi connectivity index (χ4n) is 5.60.